The van der Waals surface area contributed by atoms with Gasteiger partial charge in [-0.3, -0.25) is 4.79 Å². The lowest BCUT2D eigenvalue weighted by molar-refractivity contribution is -0.134. The van der Waals surface area contributed by atoms with Gasteiger partial charge >= 0.3 is 0 Å². The van der Waals surface area contributed by atoms with Gasteiger partial charge < -0.3 is 10.0 Å². The summed E-state index contributed by atoms with van der Waals surface area (Å²) in [5.74, 6) is -0.0442. The first kappa shape index (κ1) is 16.1. The van der Waals surface area contributed by atoms with Crippen molar-refractivity contribution in [3.63, 3.8) is 0 Å². The maximum atomic E-state index is 13.0. The zero-order valence-corrected chi connectivity index (χ0v) is 13.7. The summed E-state index contributed by atoms with van der Waals surface area (Å²) in [4.78, 5) is 18.5. The summed E-state index contributed by atoms with van der Waals surface area (Å²) in [7, 11) is 0. The molecule has 1 fully saturated rings. The third kappa shape index (κ3) is 3.76. The molecule has 0 bridgehead atoms. The van der Waals surface area contributed by atoms with Gasteiger partial charge in [-0.2, -0.15) is 0 Å². The second-order valence-electron chi connectivity index (χ2n) is 5.98. The molecule has 0 spiro atoms. The quantitative estimate of drug-likeness (QED) is 0.939. The van der Waals surface area contributed by atoms with Gasteiger partial charge in [0, 0.05) is 24.0 Å². The fourth-order valence-electron chi connectivity index (χ4n) is 2.66. The van der Waals surface area contributed by atoms with Crippen LogP contribution in [0.5, 0.6) is 0 Å². The molecule has 1 N–H and O–H groups in total. The van der Waals surface area contributed by atoms with Gasteiger partial charge in [0.15, 0.2) is 0 Å². The summed E-state index contributed by atoms with van der Waals surface area (Å²) in [5, 5.41) is 12.5. The summed E-state index contributed by atoms with van der Waals surface area (Å²) in [6.07, 6.45) is 0.622. The predicted octanol–water partition coefficient (Wildman–Crippen LogP) is 2.72. The molecule has 6 heteroatoms. The van der Waals surface area contributed by atoms with E-state index in [-0.39, 0.29) is 24.1 Å². The Morgan fingerprint density at radius 2 is 2.17 bits per heavy atom. The molecule has 3 rings (SSSR count). The smallest absolute Gasteiger partial charge is 0.229 e. The van der Waals surface area contributed by atoms with Crippen LogP contribution in [0.4, 0.5) is 4.39 Å². The van der Waals surface area contributed by atoms with Crippen LogP contribution in [-0.4, -0.2) is 40.1 Å². The van der Waals surface area contributed by atoms with Crippen LogP contribution >= 0.6 is 11.3 Å². The first-order valence-electron chi connectivity index (χ1n) is 7.69. The minimum atomic E-state index is -0.446. The molecular formula is C17H19FN2O2S. The lowest BCUT2D eigenvalue weighted by atomic mass is 9.96. The van der Waals surface area contributed by atoms with Crippen molar-refractivity contribution >= 4 is 17.2 Å². The Kier molecular flexibility index (Phi) is 4.73. The number of piperidine rings is 1. The summed E-state index contributed by atoms with van der Waals surface area (Å²) < 4.78 is 13.0. The zero-order valence-electron chi connectivity index (χ0n) is 12.9. The number of halogens is 1. The number of carbonyl (C=O) groups is 1. The summed E-state index contributed by atoms with van der Waals surface area (Å²) in [5.41, 5.74) is 1.59. The van der Waals surface area contributed by atoms with Crippen molar-refractivity contribution in [2.75, 3.05) is 13.1 Å². The topological polar surface area (TPSA) is 53.4 Å². The molecule has 2 atom stereocenters. The van der Waals surface area contributed by atoms with E-state index in [4.69, 9.17) is 0 Å². The maximum absolute atomic E-state index is 13.0. The first-order chi connectivity index (χ1) is 11.0. The van der Waals surface area contributed by atoms with E-state index in [1.165, 1.54) is 23.5 Å². The van der Waals surface area contributed by atoms with E-state index < -0.39 is 6.10 Å². The first-order valence-corrected chi connectivity index (χ1v) is 8.57. The fraction of sp³-hybridized carbons (Fsp3) is 0.412. The van der Waals surface area contributed by atoms with Gasteiger partial charge in [-0.15, -0.1) is 11.3 Å². The van der Waals surface area contributed by atoms with Crippen LogP contribution in [0.1, 0.15) is 18.4 Å². The highest BCUT2D eigenvalue weighted by atomic mass is 32.1. The van der Waals surface area contributed by atoms with Gasteiger partial charge in [0.1, 0.15) is 10.8 Å². The van der Waals surface area contributed by atoms with Crippen LogP contribution < -0.4 is 0 Å². The van der Waals surface area contributed by atoms with E-state index in [0.717, 1.165) is 22.7 Å². The third-order valence-electron chi connectivity index (χ3n) is 4.27. The summed E-state index contributed by atoms with van der Waals surface area (Å²) >= 11 is 1.43. The van der Waals surface area contributed by atoms with Crippen molar-refractivity contribution in [1.29, 1.82) is 0 Å². The van der Waals surface area contributed by atoms with E-state index >= 15 is 0 Å². The molecule has 1 aromatic heterocycles. The van der Waals surface area contributed by atoms with E-state index in [1.807, 2.05) is 12.3 Å². The zero-order chi connectivity index (χ0) is 16.4. The van der Waals surface area contributed by atoms with Crippen molar-refractivity contribution in [3.05, 3.63) is 40.5 Å². The number of rotatable bonds is 3. The van der Waals surface area contributed by atoms with Crippen molar-refractivity contribution in [1.82, 2.24) is 9.88 Å². The van der Waals surface area contributed by atoms with Gasteiger partial charge in [0.2, 0.25) is 5.91 Å². The Morgan fingerprint density at radius 3 is 2.87 bits per heavy atom. The van der Waals surface area contributed by atoms with E-state index in [1.54, 1.807) is 17.0 Å². The number of likely N-dealkylation sites (tertiary alicyclic amines) is 1. The highest BCUT2D eigenvalue weighted by Gasteiger charge is 2.27. The Balaban J connectivity index is 1.65. The van der Waals surface area contributed by atoms with Crippen LogP contribution in [0.15, 0.2) is 29.6 Å². The molecule has 2 heterocycles. The number of aliphatic hydroxyl groups excluding tert-OH is 1. The normalized spacial score (nSPS) is 21.4. The van der Waals surface area contributed by atoms with Crippen LogP contribution in [0.3, 0.4) is 0 Å². The standard InChI is InChI=1S/C17H19FN2O2S/c1-11-6-7-20(9-15(11)21)17(22)8-16-19-14(10-23-16)12-2-4-13(18)5-3-12/h2-5,10-11,15,21H,6-9H2,1H3. The molecule has 0 saturated carbocycles. The summed E-state index contributed by atoms with van der Waals surface area (Å²) in [6.45, 7) is 3.09. The number of hydrogen-bond acceptors (Lipinski definition) is 4. The van der Waals surface area contributed by atoms with Gasteiger partial charge in [-0.1, -0.05) is 6.92 Å². The number of benzene rings is 1. The molecule has 1 aliphatic rings. The Bertz CT molecular complexity index is 686. The molecule has 122 valence electrons. The van der Waals surface area contributed by atoms with Crippen LogP contribution in [-0.2, 0) is 11.2 Å². The van der Waals surface area contributed by atoms with Crippen molar-refractivity contribution < 1.29 is 14.3 Å². The Morgan fingerprint density at radius 1 is 1.43 bits per heavy atom. The highest BCUT2D eigenvalue weighted by molar-refractivity contribution is 7.10. The molecule has 1 saturated heterocycles. The van der Waals surface area contributed by atoms with Crippen LogP contribution in [0, 0.1) is 11.7 Å². The molecule has 2 aromatic rings. The van der Waals surface area contributed by atoms with Gasteiger partial charge in [-0.05, 0) is 36.6 Å². The predicted molar refractivity (Wildman–Crippen MR) is 87.6 cm³/mol. The molecule has 1 amide bonds. The van der Waals surface area contributed by atoms with Gasteiger partial charge in [-0.25, -0.2) is 9.37 Å². The van der Waals surface area contributed by atoms with Crippen LogP contribution in [0.2, 0.25) is 0 Å². The third-order valence-corrected chi connectivity index (χ3v) is 5.11. The number of carbonyl (C=O) groups excluding carboxylic acids is 1. The molecule has 0 radical (unpaired) electrons. The van der Waals surface area contributed by atoms with Crippen molar-refractivity contribution in [2.45, 2.75) is 25.9 Å². The minimum absolute atomic E-state index is 0.00374. The number of aromatic nitrogens is 1. The average molecular weight is 334 g/mol. The van der Waals surface area contributed by atoms with Gasteiger partial charge in [0.05, 0.1) is 18.2 Å². The molecule has 4 nitrogen and oxygen atoms in total. The SMILES string of the molecule is CC1CCN(C(=O)Cc2nc(-c3ccc(F)cc3)cs2)CC1O. The number of β-amino-alcohol motifs (C(OH)–C–C–N with tert-alkyl or cyclic N) is 1. The van der Waals surface area contributed by atoms with E-state index in [9.17, 15) is 14.3 Å². The highest BCUT2D eigenvalue weighted by Crippen LogP contribution is 2.23. The molecule has 1 aliphatic heterocycles. The molecule has 1 aromatic carbocycles. The van der Waals surface area contributed by atoms with Crippen LogP contribution in [0.25, 0.3) is 11.3 Å². The van der Waals surface area contributed by atoms with E-state index in [0.29, 0.717) is 13.1 Å². The average Bonchev–Trinajstić information content (AvgIpc) is 2.99. The molecule has 0 aliphatic carbocycles. The number of hydrogen-bond donors (Lipinski definition) is 1. The Labute approximate surface area is 138 Å². The largest absolute Gasteiger partial charge is 0.391 e. The Hall–Kier alpha value is -1.79. The lowest BCUT2D eigenvalue weighted by Crippen LogP contribution is -2.46. The lowest BCUT2D eigenvalue weighted by Gasteiger charge is -2.34. The second kappa shape index (κ2) is 6.76. The fourth-order valence-corrected chi connectivity index (χ4v) is 3.46. The molecule has 2 unspecified atom stereocenters. The molecule has 23 heavy (non-hydrogen) atoms. The summed E-state index contributed by atoms with van der Waals surface area (Å²) in [6, 6.07) is 6.16. The number of amides is 1. The van der Waals surface area contributed by atoms with E-state index in [2.05, 4.69) is 4.98 Å². The number of aliphatic hydroxyl groups is 1. The number of nitrogens with zero attached hydrogens (tertiary/aromatic N) is 2. The minimum Gasteiger partial charge on any atom is -0.391 e. The van der Waals surface area contributed by atoms with Crippen molar-refractivity contribution in [2.24, 2.45) is 5.92 Å². The maximum Gasteiger partial charge on any atom is 0.229 e. The molecular weight excluding hydrogens is 315 g/mol. The van der Waals surface area contributed by atoms with Crippen molar-refractivity contribution in [3.8, 4) is 11.3 Å². The number of thiazole rings is 1. The monoisotopic (exact) mass is 334 g/mol. The second-order valence-corrected chi connectivity index (χ2v) is 6.93. The van der Waals surface area contributed by atoms with Gasteiger partial charge in [0.25, 0.3) is 0 Å².